The van der Waals surface area contributed by atoms with Crippen LogP contribution < -0.4 is 10.0 Å². The molecule has 0 saturated carbocycles. The Hall–Kier alpha value is -3.82. The van der Waals surface area contributed by atoms with Crippen LogP contribution in [0.2, 0.25) is 0 Å². The molecule has 3 aromatic carbocycles. The van der Waals surface area contributed by atoms with Crippen molar-refractivity contribution in [3.8, 4) is 0 Å². The Labute approximate surface area is 254 Å². The molecule has 0 heterocycles. The maximum atomic E-state index is 13.9. The van der Waals surface area contributed by atoms with E-state index in [4.69, 9.17) is 0 Å². The van der Waals surface area contributed by atoms with E-state index in [-0.39, 0.29) is 42.0 Å². The Balaban J connectivity index is 1.55. The Kier molecular flexibility index (Phi) is 11.6. The molecule has 228 valence electrons. The highest BCUT2D eigenvalue weighted by atomic mass is 32.2. The van der Waals surface area contributed by atoms with Gasteiger partial charge in [0.2, 0.25) is 21.8 Å². The number of nitrogens with zero attached hydrogens (tertiary/aromatic N) is 1. The number of hydrogen-bond acceptors (Lipinski definition) is 4. The summed E-state index contributed by atoms with van der Waals surface area (Å²) in [6.07, 6.45) is 7.99. The Morgan fingerprint density at radius 2 is 1.60 bits per heavy atom. The van der Waals surface area contributed by atoms with Gasteiger partial charge in [-0.1, -0.05) is 73.2 Å². The first-order valence-corrected chi connectivity index (χ1v) is 16.4. The SMILES string of the molecule is CCNS(=O)(=O)c1ccc(CCC(=O)N(Cc2ccc(F)cc2)[C@@H](C(=O)NCCC2=CCCCC2)c2ccccc2)cc1. The molecule has 0 spiro atoms. The van der Waals surface area contributed by atoms with Crippen molar-refractivity contribution in [3.05, 3.63) is 113 Å². The van der Waals surface area contributed by atoms with Gasteiger partial charge in [0.15, 0.2) is 0 Å². The number of benzene rings is 3. The number of aryl methyl sites for hydroxylation is 1. The average Bonchev–Trinajstić information content (AvgIpc) is 3.02. The van der Waals surface area contributed by atoms with Crippen molar-refractivity contribution in [3.63, 3.8) is 0 Å². The Morgan fingerprint density at radius 1 is 0.907 bits per heavy atom. The lowest BCUT2D eigenvalue weighted by Gasteiger charge is -2.32. The van der Waals surface area contributed by atoms with Crippen LogP contribution in [0.5, 0.6) is 0 Å². The van der Waals surface area contributed by atoms with Gasteiger partial charge >= 0.3 is 0 Å². The Bertz CT molecular complexity index is 1490. The minimum atomic E-state index is -3.58. The largest absolute Gasteiger partial charge is 0.354 e. The number of halogens is 1. The van der Waals surface area contributed by atoms with Crippen LogP contribution in [0.4, 0.5) is 4.39 Å². The first-order chi connectivity index (χ1) is 20.8. The first-order valence-electron chi connectivity index (χ1n) is 14.9. The molecule has 0 aromatic heterocycles. The van der Waals surface area contributed by atoms with Gasteiger partial charge in [0.1, 0.15) is 11.9 Å². The maximum absolute atomic E-state index is 13.9. The van der Waals surface area contributed by atoms with E-state index in [1.807, 2.05) is 30.3 Å². The van der Waals surface area contributed by atoms with Gasteiger partial charge in [-0.15, -0.1) is 0 Å². The number of allylic oxidation sites excluding steroid dienone is 1. The highest BCUT2D eigenvalue weighted by Crippen LogP contribution is 2.26. The van der Waals surface area contributed by atoms with Crippen LogP contribution in [0.3, 0.4) is 0 Å². The normalized spacial score (nSPS) is 14.0. The van der Waals surface area contributed by atoms with E-state index < -0.39 is 16.1 Å². The number of carbonyl (C=O) groups is 2. The number of carbonyl (C=O) groups excluding carboxylic acids is 2. The molecule has 0 saturated heterocycles. The van der Waals surface area contributed by atoms with Gasteiger partial charge in [-0.2, -0.15) is 0 Å². The lowest BCUT2D eigenvalue weighted by atomic mass is 9.97. The van der Waals surface area contributed by atoms with E-state index in [0.29, 0.717) is 24.1 Å². The van der Waals surface area contributed by atoms with Gasteiger partial charge in [-0.25, -0.2) is 17.5 Å². The van der Waals surface area contributed by atoms with E-state index in [0.717, 1.165) is 24.8 Å². The van der Waals surface area contributed by atoms with Crippen LogP contribution in [-0.2, 0) is 32.6 Å². The summed E-state index contributed by atoms with van der Waals surface area (Å²) in [5.41, 5.74) is 3.54. The summed E-state index contributed by atoms with van der Waals surface area (Å²) in [6.45, 7) is 2.61. The van der Waals surface area contributed by atoms with Crippen molar-refractivity contribution >= 4 is 21.8 Å². The molecule has 4 rings (SSSR count). The summed E-state index contributed by atoms with van der Waals surface area (Å²) in [4.78, 5) is 29.4. The molecular weight excluding hydrogens is 565 g/mol. The molecule has 0 fully saturated rings. The third-order valence-electron chi connectivity index (χ3n) is 7.59. The second kappa shape index (κ2) is 15.6. The van der Waals surface area contributed by atoms with Crippen LogP contribution in [0.25, 0.3) is 0 Å². The Morgan fingerprint density at radius 3 is 2.26 bits per heavy atom. The first kappa shape index (κ1) is 32.1. The molecular formula is C34H40FN3O4S. The fourth-order valence-electron chi connectivity index (χ4n) is 5.30. The van der Waals surface area contributed by atoms with Crippen molar-refractivity contribution in [2.75, 3.05) is 13.1 Å². The van der Waals surface area contributed by atoms with E-state index in [2.05, 4.69) is 16.1 Å². The third-order valence-corrected chi connectivity index (χ3v) is 9.15. The zero-order chi connectivity index (χ0) is 30.7. The fraction of sp³-hybridized carbons (Fsp3) is 0.353. The minimum absolute atomic E-state index is 0.101. The summed E-state index contributed by atoms with van der Waals surface area (Å²) in [5, 5.41) is 3.07. The third kappa shape index (κ3) is 9.33. The second-order valence-electron chi connectivity index (χ2n) is 10.8. The fourth-order valence-corrected chi connectivity index (χ4v) is 6.34. The molecule has 0 bridgehead atoms. The van der Waals surface area contributed by atoms with Gasteiger partial charge in [0.25, 0.3) is 0 Å². The predicted octanol–water partition coefficient (Wildman–Crippen LogP) is 5.83. The number of rotatable bonds is 14. The smallest absolute Gasteiger partial charge is 0.247 e. The summed E-state index contributed by atoms with van der Waals surface area (Å²) >= 11 is 0. The molecule has 0 unspecified atom stereocenters. The molecule has 0 aliphatic heterocycles. The van der Waals surface area contributed by atoms with Gasteiger partial charge < -0.3 is 10.2 Å². The van der Waals surface area contributed by atoms with Crippen LogP contribution in [0.1, 0.15) is 68.2 Å². The lowest BCUT2D eigenvalue weighted by Crippen LogP contribution is -2.43. The highest BCUT2D eigenvalue weighted by Gasteiger charge is 2.31. The molecule has 3 aromatic rings. The van der Waals surface area contributed by atoms with Crippen molar-refractivity contribution in [1.29, 1.82) is 0 Å². The van der Waals surface area contributed by atoms with Gasteiger partial charge in [-0.05, 0) is 79.5 Å². The summed E-state index contributed by atoms with van der Waals surface area (Å²) < 4.78 is 40.7. The predicted molar refractivity (Wildman–Crippen MR) is 166 cm³/mol. The van der Waals surface area contributed by atoms with Crippen molar-refractivity contribution in [2.24, 2.45) is 0 Å². The van der Waals surface area contributed by atoms with Crippen molar-refractivity contribution in [2.45, 2.75) is 69.4 Å². The van der Waals surface area contributed by atoms with Crippen LogP contribution in [0, 0.1) is 5.82 Å². The number of nitrogens with one attached hydrogen (secondary N) is 2. The molecule has 0 radical (unpaired) electrons. The lowest BCUT2D eigenvalue weighted by molar-refractivity contribution is -0.141. The second-order valence-corrected chi connectivity index (χ2v) is 12.5. The van der Waals surface area contributed by atoms with Crippen molar-refractivity contribution < 1.29 is 22.4 Å². The molecule has 1 atom stereocenters. The van der Waals surface area contributed by atoms with Gasteiger partial charge in [0.05, 0.1) is 4.90 Å². The van der Waals surface area contributed by atoms with Crippen molar-refractivity contribution in [1.82, 2.24) is 14.9 Å². The zero-order valence-electron chi connectivity index (χ0n) is 24.6. The quantitative estimate of drug-likeness (QED) is 0.226. The molecule has 2 N–H and O–H groups in total. The molecule has 2 amide bonds. The average molecular weight is 606 g/mol. The maximum Gasteiger partial charge on any atom is 0.247 e. The van der Waals surface area contributed by atoms with Crippen LogP contribution in [-0.4, -0.2) is 38.2 Å². The van der Waals surface area contributed by atoms with Gasteiger partial charge in [0, 0.05) is 26.1 Å². The molecule has 1 aliphatic carbocycles. The van der Waals surface area contributed by atoms with E-state index >= 15 is 0 Å². The summed E-state index contributed by atoms with van der Waals surface area (Å²) in [5.74, 6) is -0.890. The highest BCUT2D eigenvalue weighted by molar-refractivity contribution is 7.89. The van der Waals surface area contributed by atoms with Crippen LogP contribution >= 0.6 is 0 Å². The van der Waals surface area contributed by atoms with E-state index in [1.165, 1.54) is 42.7 Å². The van der Waals surface area contributed by atoms with Gasteiger partial charge in [-0.3, -0.25) is 9.59 Å². The number of amides is 2. The minimum Gasteiger partial charge on any atom is -0.354 e. The summed E-state index contributed by atoms with van der Waals surface area (Å²) in [7, 11) is -3.58. The number of hydrogen-bond donors (Lipinski definition) is 2. The van der Waals surface area contributed by atoms with E-state index in [9.17, 15) is 22.4 Å². The monoisotopic (exact) mass is 605 g/mol. The van der Waals surface area contributed by atoms with Crippen LogP contribution in [0.15, 0.2) is 95.4 Å². The topological polar surface area (TPSA) is 95.6 Å². The standard InChI is InChI=1S/C34H40FN3O4S/c1-2-37-43(41,42)31-20-15-27(16-21-31)17-22-32(39)38(25-28-13-18-30(35)19-14-28)33(29-11-7-4-8-12-29)34(40)36-24-23-26-9-5-3-6-10-26/h4,7-9,11-16,18-21,33,37H,2-3,5-6,10,17,22-25H2,1H3,(H,36,40)/t33-/m1/s1. The summed E-state index contributed by atoms with van der Waals surface area (Å²) in [6, 6.07) is 20.7. The number of sulfonamides is 1. The molecule has 43 heavy (non-hydrogen) atoms. The molecule has 1 aliphatic rings. The molecule has 7 nitrogen and oxygen atoms in total. The molecule has 9 heteroatoms. The van der Waals surface area contributed by atoms with E-state index in [1.54, 1.807) is 36.1 Å². The zero-order valence-corrected chi connectivity index (χ0v) is 25.4.